The van der Waals surface area contributed by atoms with Crippen LogP contribution in [0.5, 0.6) is 5.75 Å². The van der Waals surface area contributed by atoms with Crippen LogP contribution in [0.3, 0.4) is 0 Å². The van der Waals surface area contributed by atoms with E-state index in [1.807, 2.05) is 30.5 Å². The fraction of sp³-hybridized carbons (Fsp3) is 0.522. The molecule has 0 aliphatic heterocycles. The van der Waals surface area contributed by atoms with Crippen molar-refractivity contribution in [2.75, 3.05) is 5.75 Å². The predicted octanol–water partition coefficient (Wildman–Crippen LogP) is 4.59. The lowest BCUT2D eigenvalue weighted by atomic mass is 10.1. The van der Waals surface area contributed by atoms with Crippen LogP contribution in [-0.2, 0) is 17.9 Å². The van der Waals surface area contributed by atoms with Gasteiger partial charge in [0.25, 0.3) is 0 Å². The summed E-state index contributed by atoms with van der Waals surface area (Å²) in [5.74, 6) is 1.97. The van der Waals surface area contributed by atoms with Gasteiger partial charge in [-0.2, -0.15) is 0 Å². The van der Waals surface area contributed by atoms with E-state index in [0.717, 1.165) is 35.5 Å². The molecule has 1 amide bonds. The van der Waals surface area contributed by atoms with E-state index in [0.29, 0.717) is 30.1 Å². The Morgan fingerprint density at radius 1 is 1.27 bits per heavy atom. The third kappa shape index (κ3) is 6.36. The maximum absolute atomic E-state index is 12.4. The van der Waals surface area contributed by atoms with Crippen LogP contribution < -0.4 is 10.1 Å². The quantitative estimate of drug-likeness (QED) is 0.359. The van der Waals surface area contributed by atoms with Crippen molar-refractivity contribution in [2.24, 2.45) is 0 Å². The van der Waals surface area contributed by atoms with Crippen molar-refractivity contribution in [3.8, 4) is 5.75 Å². The largest absolute Gasteiger partial charge is 0.485 e. The first-order valence-corrected chi connectivity index (χ1v) is 11.7. The monoisotopic (exact) mass is 428 g/mol. The second kappa shape index (κ2) is 11.2. The lowest BCUT2D eigenvalue weighted by molar-refractivity contribution is -0.119. The van der Waals surface area contributed by atoms with Gasteiger partial charge in [0, 0.05) is 12.6 Å². The van der Waals surface area contributed by atoms with Crippen LogP contribution in [-0.4, -0.2) is 32.5 Å². The average Bonchev–Trinajstić information content (AvgIpc) is 2.92. The van der Waals surface area contributed by atoms with Crippen molar-refractivity contribution in [1.82, 2.24) is 20.1 Å². The number of nitrogens with zero attached hydrogens (tertiary/aromatic N) is 3. The zero-order chi connectivity index (χ0) is 21.3. The highest BCUT2D eigenvalue weighted by molar-refractivity contribution is 7.99. The third-order valence-electron chi connectivity index (χ3n) is 5.36. The molecule has 1 heterocycles. The van der Waals surface area contributed by atoms with Crippen molar-refractivity contribution in [1.29, 1.82) is 0 Å². The number of thioether (sulfide) groups is 1. The van der Waals surface area contributed by atoms with Gasteiger partial charge >= 0.3 is 0 Å². The Balaban J connectivity index is 1.58. The normalized spacial score (nSPS) is 14.9. The molecule has 2 aromatic rings. The summed E-state index contributed by atoms with van der Waals surface area (Å²) in [6.45, 7) is 8.80. The maximum atomic E-state index is 12.4. The van der Waals surface area contributed by atoms with E-state index in [1.165, 1.54) is 37.4 Å². The second-order valence-electron chi connectivity index (χ2n) is 7.90. The molecule has 0 atom stereocenters. The molecular formula is C23H32N4O2S. The van der Waals surface area contributed by atoms with Gasteiger partial charge in [-0.1, -0.05) is 55.7 Å². The van der Waals surface area contributed by atoms with E-state index < -0.39 is 0 Å². The van der Waals surface area contributed by atoms with Gasteiger partial charge < -0.3 is 10.1 Å². The molecule has 1 fully saturated rings. The number of carbonyl (C=O) groups is 1. The van der Waals surface area contributed by atoms with Gasteiger partial charge in [-0.05, 0) is 43.9 Å². The molecular weight excluding hydrogens is 396 g/mol. The summed E-state index contributed by atoms with van der Waals surface area (Å²) >= 11 is 1.41. The van der Waals surface area contributed by atoms with Gasteiger partial charge in [0.2, 0.25) is 5.91 Å². The molecule has 0 saturated heterocycles. The van der Waals surface area contributed by atoms with Crippen LogP contribution >= 0.6 is 11.8 Å². The molecule has 0 spiro atoms. The molecule has 30 heavy (non-hydrogen) atoms. The minimum absolute atomic E-state index is 0.0632. The Kier molecular flexibility index (Phi) is 8.37. The summed E-state index contributed by atoms with van der Waals surface area (Å²) in [6.07, 6.45) is 8.94. The maximum Gasteiger partial charge on any atom is 0.230 e. The van der Waals surface area contributed by atoms with Gasteiger partial charge in [-0.25, -0.2) is 0 Å². The molecule has 3 rings (SSSR count). The average molecular weight is 429 g/mol. The van der Waals surface area contributed by atoms with Crippen LogP contribution in [0, 0.1) is 13.8 Å². The molecule has 1 N–H and O–H groups in total. The molecule has 6 nitrogen and oxygen atoms in total. The zero-order valence-corrected chi connectivity index (χ0v) is 18.8. The van der Waals surface area contributed by atoms with Crippen molar-refractivity contribution in [2.45, 2.75) is 76.7 Å². The lowest BCUT2D eigenvalue weighted by Crippen LogP contribution is -2.35. The molecule has 1 saturated carbocycles. The Morgan fingerprint density at radius 3 is 2.77 bits per heavy atom. The van der Waals surface area contributed by atoms with Crippen molar-refractivity contribution >= 4 is 17.7 Å². The number of benzene rings is 1. The number of amides is 1. The number of aryl methyl sites for hydroxylation is 2. The molecule has 162 valence electrons. The second-order valence-corrected chi connectivity index (χ2v) is 8.84. The van der Waals surface area contributed by atoms with Crippen molar-refractivity contribution in [3.63, 3.8) is 0 Å². The fourth-order valence-electron chi connectivity index (χ4n) is 3.67. The highest BCUT2D eigenvalue weighted by atomic mass is 32.2. The fourth-order valence-corrected chi connectivity index (χ4v) is 4.45. The van der Waals surface area contributed by atoms with Crippen molar-refractivity contribution in [3.05, 3.63) is 47.8 Å². The van der Waals surface area contributed by atoms with Gasteiger partial charge in [0.05, 0.1) is 5.75 Å². The number of carbonyl (C=O) groups excluding carboxylic acids is 1. The number of hydrogen-bond donors (Lipinski definition) is 1. The third-order valence-corrected chi connectivity index (χ3v) is 6.32. The van der Waals surface area contributed by atoms with E-state index in [9.17, 15) is 4.79 Å². The predicted molar refractivity (Wildman–Crippen MR) is 121 cm³/mol. The highest BCUT2D eigenvalue weighted by Crippen LogP contribution is 2.22. The van der Waals surface area contributed by atoms with E-state index in [-0.39, 0.29) is 5.91 Å². The van der Waals surface area contributed by atoms with Crippen LogP contribution in [0.4, 0.5) is 0 Å². The van der Waals surface area contributed by atoms with E-state index in [2.05, 4.69) is 28.2 Å². The zero-order valence-electron chi connectivity index (χ0n) is 18.0. The first kappa shape index (κ1) is 22.4. The highest BCUT2D eigenvalue weighted by Gasteiger charge is 2.17. The number of nitrogens with one attached hydrogen (secondary N) is 1. The molecule has 1 aromatic carbocycles. The van der Waals surface area contributed by atoms with Gasteiger partial charge in [-0.15, -0.1) is 16.8 Å². The number of hydrogen-bond acceptors (Lipinski definition) is 5. The van der Waals surface area contributed by atoms with Gasteiger partial charge in [0.15, 0.2) is 11.0 Å². The molecule has 1 aromatic heterocycles. The first-order valence-electron chi connectivity index (χ1n) is 10.7. The molecule has 7 heteroatoms. The van der Waals surface area contributed by atoms with Gasteiger partial charge in [-0.3, -0.25) is 9.36 Å². The van der Waals surface area contributed by atoms with E-state index in [4.69, 9.17) is 4.74 Å². The van der Waals surface area contributed by atoms with Crippen LogP contribution in [0.25, 0.3) is 0 Å². The van der Waals surface area contributed by atoms with Gasteiger partial charge in [0.1, 0.15) is 12.4 Å². The first-order chi connectivity index (χ1) is 14.6. The lowest BCUT2D eigenvalue weighted by Gasteiger charge is -2.16. The number of aromatic nitrogens is 3. The minimum atomic E-state index is 0.0632. The molecule has 0 unspecified atom stereocenters. The summed E-state index contributed by atoms with van der Waals surface area (Å²) in [6, 6.07) is 6.45. The summed E-state index contributed by atoms with van der Waals surface area (Å²) in [5, 5.41) is 12.5. The standard InChI is InChI=1S/C23H32N4O2S/c1-4-13-27-21(15-29-20-14-17(2)11-12-18(20)3)25-26-23(27)30-16-22(28)24-19-9-7-5-6-8-10-19/h4,11-12,14,19H,1,5-10,13,15-16H2,2-3H3,(H,24,28). The summed E-state index contributed by atoms with van der Waals surface area (Å²) in [7, 11) is 0. The number of ether oxygens (including phenoxy) is 1. The Labute approximate surface area is 183 Å². The van der Waals surface area contributed by atoms with Crippen LogP contribution in [0.1, 0.15) is 55.5 Å². The summed E-state index contributed by atoms with van der Waals surface area (Å²) in [4.78, 5) is 12.4. The van der Waals surface area contributed by atoms with Crippen LogP contribution in [0.15, 0.2) is 36.0 Å². The smallest absolute Gasteiger partial charge is 0.230 e. The molecule has 0 bridgehead atoms. The SMILES string of the molecule is C=CCn1c(COc2cc(C)ccc2C)nnc1SCC(=O)NC1CCCCCC1. The number of allylic oxidation sites excluding steroid dienone is 1. The summed E-state index contributed by atoms with van der Waals surface area (Å²) < 4.78 is 7.96. The Bertz CT molecular complexity index is 857. The number of rotatable bonds is 9. The van der Waals surface area contributed by atoms with Crippen molar-refractivity contribution < 1.29 is 9.53 Å². The van der Waals surface area contributed by atoms with E-state index in [1.54, 1.807) is 6.08 Å². The molecule has 1 aliphatic carbocycles. The van der Waals surface area contributed by atoms with Crippen LogP contribution in [0.2, 0.25) is 0 Å². The summed E-state index contributed by atoms with van der Waals surface area (Å²) in [5.41, 5.74) is 2.24. The minimum Gasteiger partial charge on any atom is -0.485 e. The molecule has 1 aliphatic rings. The van der Waals surface area contributed by atoms with E-state index >= 15 is 0 Å². The molecule has 0 radical (unpaired) electrons. The Hall–Kier alpha value is -2.28. The topological polar surface area (TPSA) is 69.0 Å². The Morgan fingerprint density at radius 2 is 2.03 bits per heavy atom.